The van der Waals surface area contributed by atoms with Gasteiger partial charge in [0.25, 0.3) is 0 Å². The molecule has 0 aliphatic carbocycles. The zero-order valence-electron chi connectivity index (χ0n) is 12.6. The molecule has 4 N–H and O–H groups in total. The summed E-state index contributed by atoms with van der Waals surface area (Å²) in [6.45, 7) is 4.92. The van der Waals surface area contributed by atoms with E-state index in [2.05, 4.69) is 31.1 Å². The highest BCUT2D eigenvalue weighted by atomic mass is 32.2. The SMILES string of the molecule is CC1(N)NN=C(Nc2ccc(N3CCOCC3)c3nonc23)S1. The van der Waals surface area contributed by atoms with Gasteiger partial charge in [-0.25, -0.2) is 4.63 Å². The lowest BCUT2D eigenvalue weighted by atomic mass is 10.2. The van der Waals surface area contributed by atoms with E-state index in [0.717, 1.165) is 30.0 Å². The molecule has 9 nitrogen and oxygen atoms in total. The molecule has 2 aliphatic heterocycles. The van der Waals surface area contributed by atoms with E-state index in [9.17, 15) is 0 Å². The normalized spacial score (nSPS) is 24.6. The van der Waals surface area contributed by atoms with Crippen LogP contribution < -0.4 is 21.4 Å². The van der Waals surface area contributed by atoms with Gasteiger partial charge in [0, 0.05) is 13.1 Å². The summed E-state index contributed by atoms with van der Waals surface area (Å²) in [7, 11) is 0. The Kier molecular flexibility index (Phi) is 3.51. The lowest BCUT2D eigenvalue weighted by Gasteiger charge is -2.28. The maximum absolute atomic E-state index is 5.97. The van der Waals surface area contributed by atoms with Crippen LogP contribution in [0.5, 0.6) is 0 Å². The topological polar surface area (TPSA) is 114 Å². The van der Waals surface area contributed by atoms with Gasteiger partial charge in [-0.3, -0.25) is 11.2 Å². The van der Waals surface area contributed by atoms with E-state index in [4.69, 9.17) is 15.1 Å². The number of nitrogens with two attached hydrogens (primary N) is 1. The van der Waals surface area contributed by atoms with Gasteiger partial charge in [-0.1, -0.05) is 0 Å². The summed E-state index contributed by atoms with van der Waals surface area (Å²) in [6.07, 6.45) is 0. The number of ether oxygens (including phenoxy) is 1. The van der Waals surface area contributed by atoms with Gasteiger partial charge in [0.15, 0.2) is 21.2 Å². The van der Waals surface area contributed by atoms with Crippen LogP contribution in [0.15, 0.2) is 21.9 Å². The molecule has 1 unspecified atom stereocenters. The quantitative estimate of drug-likeness (QED) is 0.730. The molecular formula is C13H17N7O2S. The van der Waals surface area contributed by atoms with Crippen molar-refractivity contribution in [2.24, 2.45) is 10.8 Å². The lowest BCUT2D eigenvalue weighted by Crippen LogP contribution is -2.41. The van der Waals surface area contributed by atoms with Crippen LogP contribution in [-0.4, -0.2) is 46.8 Å². The fourth-order valence-corrected chi connectivity index (χ4v) is 3.34. The lowest BCUT2D eigenvalue weighted by molar-refractivity contribution is 0.123. The molecular weight excluding hydrogens is 318 g/mol. The maximum Gasteiger partial charge on any atom is 0.188 e. The number of benzene rings is 1. The highest BCUT2D eigenvalue weighted by Crippen LogP contribution is 2.32. The summed E-state index contributed by atoms with van der Waals surface area (Å²) in [5, 5.41) is 16.2. The highest BCUT2D eigenvalue weighted by Gasteiger charge is 2.28. The molecule has 0 radical (unpaired) electrons. The Morgan fingerprint density at radius 3 is 2.83 bits per heavy atom. The second-order valence-electron chi connectivity index (χ2n) is 5.56. The first kappa shape index (κ1) is 14.5. The number of hydrogen-bond donors (Lipinski definition) is 3. The van der Waals surface area contributed by atoms with Crippen molar-refractivity contribution in [3.63, 3.8) is 0 Å². The predicted molar refractivity (Wildman–Crippen MR) is 89.2 cm³/mol. The van der Waals surface area contributed by atoms with Crippen molar-refractivity contribution in [1.82, 2.24) is 15.7 Å². The van der Waals surface area contributed by atoms with Crippen LogP contribution in [0.4, 0.5) is 11.4 Å². The van der Waals surface area contributed by atoms with E-state index in [1.54, 1.807) is 0 Å². The van der Waals surface area contributed by atoms with Gasteiger partial charge in [0.1, 0.15) is 0 Å². The number of rotatable bonds is 2. The number of nitrogens with one attached hydrogen (secondary N) is 2. The zero-order chi connectivity index (χ0) is 15.9. The highest BCUT2D eigenvalue weighted by molar-refractivity contribution is 8.15. The number of fused-ring (bicyclic) bond motifs is 1. The molecule has 1 atom stereocenters. The number of hydrogen-bond acceptors (Lipinski definition) is 10. The van der Waals surface area contributed by atoms with Crippen LogP contribution in [0.25, 0.3) is 11.0 Å². The third-order valence-corrected chi connectivity index (χ3v) is 4.58. The van der Waals surface area contributed by atoms with Crippen LogP contribution in [0.3, 0.4) is 0 Å². The summed E-state index contributed by atoms with van der Waals surface area (Å²) in [5.41, 5.74) is 12.0. The molecule has 1 fully saturated rings. The third kappa shape index (κ3) is 2.80. The molecule has 10 heteroatoms. The van der Waals surface area contributed by atoms with Crippen LogP contribution in [0, 0.1) is 0 Å². The minimum Gasteiger partial charge on any atom is -0.378 e. The summed E-state index contributed by atoms with van der Waals surface area (Å²) in [6, 6.07) is 3.96. The van der Waals surface area contributed by atoms with E-state index >= 15 is 0 Å². The number of hydrazone groups is 1. The number of morpholine rings is 1. The largest absolute Gasteiger partial charge is 0.378 e. The molecule has 2 aromatic rings. The van der Waals surface area contributed by atoms with Crippen molar-refractivity contribution in [2.45, 2.75) is 11.9 Å². The molecule has 23 heavy (non-hydrogen) atoms. The van der Waals surface area contributed by atoms with Gasteiger partial charge in [0.05, 0.1) is 24.6 Å². The molecule has 1 aromatic carbocycles. The fourth-order valence-electron chi connectivity index (χ4n) is 2.59. The number of thioether (sulfide) groups is 1. The number of anilines is 2. The van der Waals surface area contributed by atoms with Crippen molar-refractivity contribution < 1.29 is 9.37 Å². The van der Waals surface area contributed by atoms with E-state index < -0.39 is 4.99 Å². The summed E-state index contributed by atoms with van der Waals surface area (Å²) >= 11 is 1.41. The van der Waals surface area contributed by atoms with Crippen LogP contribution >= 0.6 is 11.8 Å². The van der Waals surface area contributed by atoms with Crippen molar-refractivity contribution in [3.8, 4) is 0 Å². The van der Waals surface area contributed by atoms with Crippen molar-refractivity contribution in [3.05, 3.63) is 12.1 Å². The van der Waals surface area contributed by atoms with E-state index in [-0.39, 0.29) is 0 Å². The molecule has 0 saturated carbocycles. The van der Waals surface area contributed by atoms with Gasteiger partial charge in [-0.2, -0.15) is 5.10 Å². The summed E-state index contributed by atoms with van der Waals surface area (Å²) < 4.78 is 10.4. The molecule has 0 amide bonds. The molecule has 0 bridgehead atoms. The Hall–Kier alpha value is -2.04. The van der Waals surface area contributed by atoms with Gasteiger partial charge in [-0.05, 0) is 41.1 Å². The number of aromatic nitrogens is 2. The minimum absolute atomic E-state index is 0.614. The van der Waals surface area contributed by atoms with Gasteiger partial charge in [-0.15, -0.1) is 0 Å². The first-order valence-corrected chi connectivity index (χ1v) is 8.12. The van der Waals surface area contributed by atoms with Crippen LogP contribution in [-0.2, 0) is 4.74 Å². The Balaban J connectivity index is 1.63. The molecule has 1 saturated heterocycles. The van der Waals surface area contributed by atoms with Gasteiger partial charge < -0.3 is 15.0 Å². The Bertz CT molecular complexity index is 754. The van der Waals surface area contributed by atoms with Crippen LogP contribution in [0.2, 0.25) is 0 Å². The minimum atomic E-state index is -0.614. The molecule has 1 aromatic heterocycles. The Morgan fingerprint density at radius 1 is 1.30 bits per heavy atom. The maximum atomic E-state index is 5.97. The molecule has 4 rings (SSSR count). The van der Waals surface area contributed by atoms with E-state index in [0.29, 0.717) is 23.9 Å². The first-order valence-electron chi connectivity index (χ1n) is 7.30. The van der Waals surface area contributed by atoms with Crippen molar-refractivity contribution in [2.75, 3.05) is 36.5 Å². The average Bonchev–Trinajstić information content (AvgIpc) is 3.15. The second-order valence-corrected chi connectivity index (χ2v) is 6.99. The Labute approximate surface area is 136 Å². The third-order valence-electron chi connectivity index (χ3n) is 3.68. The second kappa shape index (κ2) is 5.55. The molecule has 122 valence electrons. The summed E-state index contributed by atoms with van der Waals surface area (Å²) in [4.78, 5) is 1.61. The number of nitrogens with zero attached hydrogens (tertiary/aromatic N) is 4. The van der Waals surface area contributed by atoms with Gasteiger partial charge in [0.2, 0.25) is 0 Å². The Morgan fingerprint density at radius 2 is 2.09 bits per heavy atom. The van der Waals surface area contributed by atoms with Crippen LogP contribution in [0.1, 0.15) is 6.92 Å². The molecule has 2 aliphatic rings. The first-order chi connectivity index (χ1) is 11.1. The molecule has 0 spiro atoms. The predicted octanol–water partition coefficient (Wildman–Crippen LogP) is 0.711. The summed E-state index contributed by atoms with van der Waals surface area (Å²) in [5.74, 6) is 0. The number of amidine groups is 1. The van der Waals surface area contributed by atoms with Crippen molar-refractivity contribution >= 4 is 39.3 Å². The standard InChI is InChI=1S/C13H17N7O2S/c1-13(14)19-16-12(23-13)15-8-2-3-9(11-10(8)17-22-18-11)20-4-6-21-7-5-20/h2-3,19H,4-7,14H2,1H3,(H,15,16). The smallest absolute Gasteiger partial charge is 0.188 e. The molecule has 3 heterocycles. The zero-order valence-corrected chi connectivity index (χ0v) is 13.4. The van der Waals surface area contributed by atoms with E-state index in [1.807, 2.05) is 19.1 Å². The van der Waals surface area contributed by atoms with Crippen molar-refractivity contribution in [1.29, 1.82) is 0 Å². The van der Waals surface area contributed by atoms with Gasteiger partial charge >= 0.3 is 0 Å². The monoisotopic (exact) mass is 335 g/mol. The average molecular weight is 335 g/mol. The fraction of sp³-hybridized carbons (Fsp3) is 0.462. The van der Waals surface area contributed by atoms with E-state index in [1.165, 1.54) is 11.8 Å².